The molecule has 1 rings (SSSR count). The zero-order valence-corrected chi connectivity index (χ0v) is 11.6. The molecule has 0 spiro atoms. The van der Waals surface area contributed by atoms with Gasteiger partial charge in [-0.1, -0.05) is 0 Å². The van der Waals surface area contributed by atoms with E-state index in [1.165, 1.54) is 6.20 Å². The minimum atomic E-state index is -0.958. The summed E-state index contributed by atoms with van der Waals surface area (Å²) in [7, 11) is 0. The van der Waals surface area contributed by atoms with E-state index in [-0.39, 0.29) is 18.0 Å². The lowest BCUT2D eigenvalue weighted by Gasteiger charge is -2.14. The fourth-order valence-electron chi connectivity index (χ4n) is 1.56. The minimum Gasteiger partial charge on any atom is -0.346 e. The van der Waals surface area contributed by atoms with Crippen molar-refractivity contribution in [1.82, 2.24) is 9.78 Å². The van der Waals surface area contributed by atoms with Gasteiger partial charge in [0, 0.05) is 26.0 Å². The Morgan fingerprint density at radius 2 is 1.89 bits per heavy atom. The Hall–Kier alpha value is -1.53. The van der Waals surface area contributed by atoms with Gasteiger partial charge >= 0.3 is 0 Å². The number of rotatable bonds is 9. The van der Waals surface area contributed by atoms with Gasteiger partial charge in [-0.2, -0.15) is 5.10 Å². The molecule has 6 heteroatoms. The molecule has 0 aliphatic heterocycles. The number of nitrogens with zero attached hydrogens (tertiary/aromatic N) is 2. The van der Waals surface area contributed by atoms with Crippen LogP contribution in [-0.4, -0.2) is 40.9 Å². The number of aryl methyl sites for hydroxylation is 1. The average Bonchev–Trinajstić information content (AvgIpc) is 2.87. The lowest BCUT2D eigenvalue weighted by molar-refractivity contribution is -0.166. The molecule has 0 unspecified atom stereocenters. The Morgan fingerprint density at radius 1 is 1.26 bits per heavy atom. The predicted molar refractivity (Wildman–Crippen MR) is 68.9 cm³/mol. The summed E-state index contributed by atoms with van der Waals surface area (Å²) in [6.45, 7) is 6.86. The summed E-state index contributed by atoms with van der Waals surface area (Å²) >= 11 is 0. The van der Waals surface area contributed by atoms with Crippen molar-refractivity contribution >= 4 is 11.6 Å². The Balaban J connectivity index is 2.61. The lowest BCUT2D eigenvalue weighted by Crippen LogP contribution is -2.29. The molecule has 106 valence electrons. The van der Waals surface area contributed by atoms with Gasteiger partial charge in [-0.25, -0.2) is 0 Å². The third-order valence-corrected chi connectivity index (χ3v) is 2.51. The molecule has 0 bridgehead atoms. The maximum absolute atomic E-state index is 11.9. The van der Waals surface area contributed by atoms with Crippen LogP contribution in [0.5, 0.6) is 0 Å². The van der Waals surface area contributed by atoms with Gasteiger partial charge in [0.2, 0.25) is 6.29 Å². The average molecular weight is 268 g/mol. The smallest absolute Gasteiger partial charge is 0.218 e. The van der Waals surface area contributed by atoms with Gasteiger partial charge in [0.05, 0.1) is 18.2 Å². The van der Waals surface area contributed by atoms with Gasteiger partial charge in [0.15, 0.2) is 11.6 Å². The molecule has 6 nitrogen and oxygen atoms in total. The number of hydrogen-bond donors (Lipinski definition) is 0. The molecule has 0 aromatic carbocycles. The molecule has 0 saturated carbocycles. The summed E-state index contributed by atoms with van der Waals surface area (Å²) in [6, 6.07) is 0. The first-order valence-corrected chi connectivity index (χ1v) is 6.43. The summed E-state index contributed by atoms with van der Waals surface area (Å²) in [5.74, 6) is -0.632. The highest BCUT2D eigenvalue weighted by atomic mass is 16.7. The molecule has 0 saturated heterocycles. The van der Waals surface area contributed by atoms with Gasteiger partial charge in [-0.05, 0) is 20.8 Å². The van der Waals surface area contributed by atoms with Crippen molar-refractivity contribution in [1.29, 1.82) is 0 Å². The molecule has 1 aromatic rings. The number of carbonyl (C=O) groups excluding carboxylic acids is 2. The Morgan fingerprint density at radius 3 is 2.37 bits per heavy atom. The first-order valence-electron chi connectivity index (χ1n) is 6.43. The highest BCUT2D eigenvalue weighted by molar-refractivity contribution is 6.08. The summed E-state index contributed by atoms with van der Waals surface area (Å²) in [6.07, 6.45) is 1.90. The topological polar surface area (TPSA) is 70.4 Å². The predicted octanol–water partition coefficient (Wildman–Crippen LogP) is 1.44. The zero-order valence-electron chi connectivity index (χ0n) is 11.6. The second kappa shape index (κ2) is 7.81. The molecular weight excluding hydrogens is 248 g/mol. The molecule has 0 fully saturated rings. The number of Topliss-reactive ketones (excluding diaryl/α,β-unsaturated/α-hetero) is 2. The van der Waals surface area contributed by atoms with Crippen LogP contribution in [0.3, 0.4) is 0 Å². The zero-order chi connectivity index (χ0) is 14.3. The van der Waals surface area contributed by atoms with Crippen LogP contribution >= 0.6 is 0 Å². The second-order valence-corrected chi connectivity index (χ2v) is 3.89. The van der Waals surface area contributed by atoms with Gasteiger partial charge in [-0.15, -0.1) is 0 Å². The van der Waals surface area contributed by atoms with Crippen LogP contribution < -0.4 is 0 Å². The van der Waals surface area contributed by atoms with E-state index in [0.29, 0.717) is 25.3 Å². The molecule has 1 aromatic heterocycles. The molecule has 19 heavy (non-hydrogen) atoms. The monoisotopic (exact) mass is 268 g/mol. The summed E-state index contributed by atoms with van der Waals surface area (Å²) in [4.78, 5) is 23.8. The first kappa shape index (κ1) is 15.5. The number of ether oxygens (including phenoxy) is 2. The fraction of sp³-hybridized carbons (Fsp3) is 0.615. The van der Waals surface area contributed by atoms with Crippen LogP contribution in [0.4, 0.5) is 0 Å². The van der Waals surface area contributed by atoms with E-state index in [1.54, 1.807) is 24.7 Å². The largest absolute Gasteiger partial charge is 0.346 e. The SMILES string of the molecule is CCOC(OCC)C(=O)CC(=O)c1cnn(CC)c1. The van der Waals surface area contributed by atoms with Crippen molar-refractivity contribution in [3.63, 3.8) is 0 Å². The van der Waals surface area contributed by atoms with E-state index in [2.05, 4.69) is 5.10 Å². The normalized spacial score (nSPS) is 10.9. The van der Waals surface area contributed by atoms with Crippen molar-refractivity contribution in [2.45, 2.75) is 40.0 Å². The van der Waals surface area contributed by atoms with E-state index >= 15 is 0 Å². The van der Waals surface area contributed by atoms with Crippen molar-refractivity contribution < 1.29 is 19.1 Å². The Bertz CT molecular complexity index is 422. The number of carbonyl (C=O) groups is 2. The van der Waals surface area contributed by atoms with Gasteiger partial charge in [0.1, 0.15) is 0 Å². The van der Waals surface area contributed by atoms with Crippen LogP contribution in [0.1, 0.15) is 37.6 Å². The maximum Gasteiger partial charge on any atom is 0.218 e. The van der Waals surface area contributed by atoms with Crippen molar-refractivity contribution in [3.8, 4) is 0 Å². The van der Waals surface area contributed by atoms with Crippen LogP contribution in [0, 0.1) is 0 Å². The first-order chi connectivity index (χ1) is 9.12. The van der Waals surface area contributed by atoms with Crippen molar-refractivity contribution in [3.05, 3.63) is 18.0 Å². The standard InChI is InChI=1S/C13H20N2O4/c1-4-15-9-10(8-14-15)11(16)7-12(17)13(18-5-2)19-6-3/h8-9,13H,4-7H2,1-3H3. The van der Waals surface area contributed by atoms with Crippen LogP contribution in [0.2, 0.25) is 0 Å². The quantitative estimate of drug-likeness (QED) is 0.385. The minimum absolute atomic E-state index is 0.236. The molecule has 0 radical (unpaired) electrons. The Kier molecular flexibility index (Phi) is 6.38. The lowest BCUT2D eigenvalue weighted by atomic mass is 10.1. The third kappa shape index (κ3) is 4.57. The van der Waals surface area contributed by atoms with Gasteiger partial charge in [0.25, 0.3) is 0 Å². The highest BCUT2D eigenvalue weighted by Gasteiger charge is 2.22. The van der Waals surface area contributed by atoms with E-state index in [9.17, 15) is 9.59 Å². The molecule has 0 amide bonds. The van der Waals surface area contributed by atoms with E-state index < -0.39 is 6.29 Å². The second-order valence-electron chi connectivity index (χ2n) is 3.89. The van der Waals surface area contributed by atoms with Gasteiger partial charge < -0.3 is 9.47 Å². The van der Waals surface area contributed by atoms with Crippen molar-refractivity contribution in [2.24, 2.45) is 0 Å². The van der Waals surface area contributed by atoms with E-state index in [1.807, 2.05) is 6.92 Å². The number of hydrogen-bond acceptors (Lipinski definition) is 5. The third-order valence-electron chi connectivity index (χ3n) is 2.51. The molecule has 0 atom stereocenters. The van der Waals surface area contributed by atoms with Crippen molar-refractivity contribution in [2.75, 3.05) is 13.2 Å². The summed E-state index contributed by atoms with van der Waals surface area (Å²) < 4.78 is 12.0. The molecule has 0 aliphatic rings. The molecule has 0 N–H and O–H groups in total. The fourth-order valence-corrected chi connectivity index (χ4v) is 1.56. The Labute approximate surface area is 112 Å². The van der Waals surface area contributed by atoms with Crippen LogP contribution in [0.25, 0.3) is 0 Å². The van der Waals surface area contributed by atoms with Gasteiger partial charge in [-0.3, -0.25) is 14.3 Å². The number of aromatic nitrogens is 2. The maximum atomic E-state index is 11.9. The van der Waals surface area contributed by atoms with E-state index in [4.69, 9.17) is 9.47 Å². The number of ketones is 2. The molecule has 1 heterocycles. The summed E-state index contributed by atoms with van der Waals surface area (Å²) in [5.41, 5.74) is 0.432. The van der Waals surface area contributed by atoms with Crippen LogP contribution in [0.15, 0.2) is 12.4 Å². The molecular formula is C13H20N2O4. The van der Waals surface area contributed by atoms with Crippen LogP contribution in [-0.2, 0) is 20.8 Å². The highest BCUT2D eigenvalue weighted by Crippen LogP contribution is 2.07. The summed E-state index contributed by atoms with van der Waals surface area (Å²) in [5, 5.41) is 4.00. The van der Waals surface area contributed by atoms with E-state index in [0.717, 1.165) is 0 Å². The molecule has 0 aliphatic carbocycles.